The second kappa shape index (κ2) is 6.24. The number of nitrogens with zero attached hydrogens (tertiary/aromatic N) is 1. The van der Waals surface area contributed by atoms with Gasteiger partial charge in [-0.25, -0.2) is 4.98 Å². The molecule has 0 bridgehead atoms. The van der Waals surface area contributed by atoms with E-state index in [0.29, 0.717) is 17.2 Å². The van der Waals surface area contributed by atoms with E-state index in [4.69, 9.17) is 17.3 Å². The van der Waals surface area contributed by atoms with E-state index in [1.54, 1.807) is 6.07 Å². The Morgan fingerprint density at radius 1 is 1.47 bits per heavy atom. The van der Waals surface area contributed by atoms with Crippen LogP contribution in [-0.2, 0) is 0 Å². The lowest BCUT2D eigenvalue weighted by Gasteiger charge is -2.28. The smallest absolute Gasteiger partial charge is 0.254 e. The van der Waals surface area contributed by atoms with Gasteiger partial charge in [0.05, 0.1) is 17.4 Å². The van der Waals surface area contributed by atoms with Crippen LogP contribution in [-0.4, -0.2) is 16.9 Å². The molecule has 4 nitrogen and oxygen atoms in total. The Hall–Kier alpha value is -1.29. The van der Waals surface area contributed by atoms with Crippen molar-refractivity contribution in [3.8, 4) is 0 Å². The van der Waals surface area contributed by atoms with Gasteiger partial charge >= 0.3 is 0 Å². The number of rotatable bonds is 3. The topological polar surface area (TPSA) is 68.0 Å². The van der Waals surface area contributed by atoms with Crippen LogP contribution in [0.15, 0.2) is 12.3 Å². The Morgan fingerprint density at radius 3 is 2.84 bits per heavy atom. The van der Waals surface area contributed by atoms with Crippen molar-refractivity contribution in [1.82, 2.24) is 10.3 Å². The van der Waals surface area contributed by atoms with Crippen molar-refractivity contribution in [3.05, 3.63) is 23.0 Å². The predicted octanol–water partition coefficient (Wildman–Crippen LogP) is 3.02. The van der Waals surface area contributed by atoms with Gasteiger partial charge < -0.3 is 11.1 Å². The number of aromatic nitrogens is 1. The Morgan fingerprint density at radius 2 is 2.16 bits per heavy atom. The summed E-state index contributed by atoms with van der Waals surface area (Å²) < 4.78 is 0. The molecule has 1 aliphatic rings. The maximum absolute atomic E-state index is 12.2. The predicted molar refractivity (Wildman–Crippen MR) is 77.2 cm³/mol. The SMILES string of the molecule is CC(NC(=O)c1cc(N)cnc1Cl)C1CCCCC1. The zero-order valence-corrected chi connectivity index (χ0v) is 11.9. The van der Waals surface area contributed by atoms with Crippen LogP contribution < -0.4 is 11.1 Å². The molecule has 1 unspecified atom stereocenters. The number of hydrogen-bond donors (Lipinski definition) is 2. The van der Waals surface area contributed by atoms with Crippen molar-refractivity contribution in [3.63, 3.8) is 0 Å². The largest absolute Gasteiger partial charge is 0.397 e. The summed E-state index contributed by atoms with van der Waals surface area (Å²) in [5.74, 6) is 0.369. The van der Waals surface area contributed by atoms with Crippen molar-refractivity contribution < 1.29 is 4.79 Å². The highest BCUT2D eigenvalue weighted by atomic mass is 35.5. The third-order valence-electron chi connectivity index (χ3n) is 3.82. The number of amides is 1. The Labute approximate surface area is 118 Å². The Kier molecular flexibility index (Phi) is 4.64. The Bertz CT molecular complexity index is 458. The highest BCUT2D eigenvalue weighted by Gasteiger charge is 2.22. The zero-order chi connectivity index (χ0) is 13.8. The van der Waals surface area contributed by atoms with E-state index in [0.717, 1.165) is 0 Å². The van der Waals surface area contributed by atoms with E-state index in [1.807, 2.05) is 0 Å². The van der Waals surface area contributed by atoms with Gasteiger partial charge in [0, 0.05) is 6.04 Å². The van der Waals surface area contributed by atoms with E-state index in [1.165, 1.54) is 38.3 Å². The number of anilines is 1. The van der Waals surface area contributed by atoms with Gasteiger partial charge in [-0.3, -0.25) is 4.79 Å². The summed E-state index contributed by atoms with van der Waals surface area (Å²) in [7, 11) is 0. The van der Waals surface area contributed by atoms with Crippen LogP contribution >= 0.6 is 11.6 Å². The first-order valence-corrected chi connectivity index (χ1v) is 7.17. The molecule has 1 aliphatic carbocycles. The highest BCUT2D eigenvalue weighted by Crippen LogP contribution is 2.26. The van der Waals surface area contributed by atoms with Crippen molar-refractivity contribution >= 4 is 23.2 Å². The first-order chi connectivity index (χ1) is 9.08. The fourth-order valence-corrected chi connectivity index (χ4v) is 2.85. The molecule has 3 N–H and O–H groups in total. The van der Waals surface area contributed by atoms with Gasteiger partial charge in [-0.2, -0.15) is 0 Å². The molecule has 1 amide bonds. The molecule has 0 spiro atoms. The second-order valence-electron chi connectivity index (χ2n) is 5.27. The van der Waals surface area contributed by atoms with Gasteiger partial charge in [0.15, 0.2) is 0 Å². The number of nitrogen functional groups attached to an aromatic ring is 1. The summed E-state index contributed by atoms with van der Waals surface area (Å²) in [5, 5.41) is 3.21. The molecular weight excluding hydrogens is 262 g/mol. The minimum absolute atomic E-state index is 0.158. The van der Waals surface area contributed by atoms with Gasteiger partial charge in [-0.1, -0.05) is 30.9 Å². The monoisotopic (exact) mass is 281 g/mol. The molecule has 19 heavy (non-hydrogen) atoms. The van der Waals surface area contributed by atoms with E-state index < -0.39 is 0 Å². The number of carbonyl (C=O) groups is 1. The van der Waals surface area contributed by atoms with Gasteiger partial charge in [-0.05, 0) is 31.7 Å². The van der Waals surface area contributed by atoms with E-state index >= 15 is 0 Å². The fourth-order valence-electron chi connectivity index (χ4n) is 2.66. The van der Waals surface area contributed by atoms with Crippen LogP contribution in [0.2, 0.25) is 5.15 Å². The van der Waals surface area contributed by atoms with Crippen LogP contribution in [0.4, 0.5) is 5.69 Å². The summed E-state index contributed by atoms with van der Waals surface area (Å²) in [5.41, 5.74) is 6.43. The molecule has 0 aliphatic heterocycles. The van der Waals surface area contributed by atoms with Crippen molar-refractivity contribution in [2.75, 3.05) is 5.73 Å². The normalized spacial score (nSPS) is 18.0. The lowest BCUT2D eigenvalue weighted by Crippen LogP contribution is -2.39. The average Bonchev–Trinajstić information content (AvgIpc) is 2.42. The molecule has 0 aromatic carbocycles. The molecule has 1 saturated carbocycles. The first-order valence-electron chi connectivity index (χ1n) is 6.80. The number of hydrogen-bond acceptors (Lipinski definition) is 3. The summed E-state index contributed by atoms with van der Waals surface area (Å²) in [6, 6.07) is 1.73. The van der Waals surface area contributed by atoms with Crippen molar-refractivity contribution in [1.29, 1.82) is 0 Å². The number of halogens is 1. The second-order valence-corrected chi connectivity index (χ2v) is 5.63. The van der Waals surface area contributed by atoms with Crippen LogP contribution in [0.5, 0.6) is 0 Å². The molecule has 0 radical (unpaired) electrons. The third kappa shape index (κ3) is 3.60. The number of carbonyl (C=O) groups excluding carboxylic acids is 1. The molecule has 0 saturated heterocycles. The summed E-state index contributed by atoms with van der Waals surface area (Å²) in [6.07, 6.45) is 7.64. The average molecular weight is 282 g/mol. The number of nitrogens with two attached hydrogens (primary N) is 1. The first kappa shape index (κ1) is 14.1. The maximum atomic E-state index is 12.2. The zero-order valence-electron chi connectivity index (χ0n) is 11.2. The molecule has 1 aromatic heterocycles. The quantitative estimate of drug-likeness (QED) is 0.837. The maximum Gasteiger partial charge on any atom is 0.254 e. The van der Waals surface area contributed by atoms with E-state index in [2.05, 4.69) is 17.2 Å². The van der Waals surface area contributed by atoms with Gasteiger partial charge in [0.2, 0.25) is 0 Å². The highest BCUT2D eigenvalue weighted by molar-refractivity contribution is 6.32. The lowest BCUT2D eigenvalue weighted by atomic mass is 9.84. The van der Waals surface area contributed by atoms with Crippen LogP contribution in [0.1, 0.15) is 49.4 Å². The van der Waals surface area contributed by atoms with Gasteiger partial charge in [0.25, 0.3) is 5.91 Å². The number of nitrogens with one attached hydrogen (secondary N) is 1. The summed E-state index contributed by atoms with van der Waals surface area (Å²) in [4.78, 5) is 16.1. The lowest BCUT2D eigenvalue weighted by molar-refractivity contribution is 0.0919. The van der Waals surface area contributed by atoms with Crippen molar-refractivity contribution in [2.24, 2.45) is 5.92 Å². The minimum atomic E-state index is -0.192. The standard InChI is InChI=1S/C14H20ClN3O/c1-9(10-5-3-2-4-6-10)18-14(19)12-7-11(16)8-17-13(12)15/h7-10H,2-6,16H2,1H3,(H,18,19). The molecule has 2 rings (SSSR count). The van der Waals surface area contributed by atoms with Gasteiger partial charge in [-0.15, -0.1) is 0 Å². The van der Waals surface area contributed by atoms with Crippen LogP contribution in [0, 0.1) is 5.92 Å². The molecular formula is C14H20ClN3O. The number of pyridine rings is 1. The molecule has 1 fully saturated rings. The molecule has 1 atom stereocenters. The van der Waals surface area contributed by atoms with Crippen LogP contribution in [0.25, 0.3) is 0 Å². The third-order valence-corrected chi connectivity index (χ3v) is 4.12. The molecule has 5 heteroatoms. The van der Waals surface area contributed by atoms with Crippen LogP contribution in [0.3, 0.4) is 0 Å². The van der Waals surface area contributed by atoms with Gasteiger partial charge in [0.1, 0.15) is 5.15 Å². The van der Waals surface area contributed by atoms with E-state index in [9.17, 15) is 4.79 Å². The fraction of sp³-hybridized carbons (Fsp3) is 0.571. The van der Waals surface area contributed by atoms with Crippen molar-refractivity contribution in [2.45, 2.75) is 45.1 Å². The molecule has 104 valence electrons. The summed E-state index contributed by atoms with van der Waals surface area (Å²) in [6.45, 7) is 2.06. The summed E-state index contributed by atoms with van der Waals surface area (Å²) >= 11 is 5.93. The minimum Gasteiger partial charge on any atom is -0.397 e. The van der Waals surface area contributed by atoms with E-state index in [-0.39, 0.29) is 17.1 Å². The molecule has 1 aromatic rings. The molecule has 1 heterocycles. The Balaban J connectivity index is 2.01.